The maximum atomic E-state index is 12.6. The number of nitrogens with two attached hydrogens (primary N) is 1. The lowest BCUT2D eigenvalue weighted by Crippen LogP contribution is -2.32. The Morgan fingerprint density at radius 3 is 2.68 bits per heavy atom. The summed E-state index contributed by atoms with van der Waals surface area (Å²) < 4.78 is 5.21. The number of allylic oxidation sites excluding steroid dienone is 2. The zero-order chi connectivity index (χ0) is 17.6. The van der Waals surface area contributed by atoms with Crippen LogP contribution < -0.4 is 21.3 Å². The first-order valence-electron chi connectivity index (χ1n) is 8.15. The van der Waals surface area contributed by atoms with Crippen LogP contribution in [0, 0.1) is 0 Å². The molecule has 1 aromatic heterocycles. The average molecular weight is 338 g/mol. The number of nitrogens with zero attached hydrogens (tertiary/aromatic N) is 1. The average Bonchev–Trinajstić information content (AvgIpc) is 2.60. The summed E-state index contributed by atoms with van der Waals surface area (Å²) in [5, 5.41) is 3.16. The number of rotatable bonds is 2. The smallest absolute Gasteiger partial charge is 0.258 e. The van der Waals surface area contributed by atoms with Gasteiger partial charge in [0.05, 0.1) is 12.7 Å². The predicted molar refractivity (Wildman–Crippen MR) is 93.6 cm³/mol. The zero-order valence-corrected chi connectivity index (χ0v) is 13.8. The van der Waals surface area contributed by atoms with E-state index in [1.165, 1.54) is 0 Å². The number of Topliss-reactive ketones (excluding diaryl/α,β-unsaturated/α-hetero) is 1. The van der Waals surface area contributed by atoms with Crippen molar-refractivity contribution in [3.63, 3.8) is 0 Å². The Morgan fingerprint density at radius 2 is 1.96 bits per heavy atom. The first kappa shape index (κ1) is 15.4. The maximum absolute atomic E-state index is 12.6. The van der Waals surface area contributed by atoms with Crippen LogP contribution in [0.5, 0.6) is 5.75 Å². The molecule has 0 spiro atoms. The minimum absolute atomic E-state index is 0.0518. The summed E-state index contributed by atoms with van der Waals surface area (Å²) in [4.78, 5) is 32.0. The van der Waals surface area contributed by atoms with Gasteiger partial charge < -0.3 is 15.8 Å². The number of methoxy groups -OCH3 is 1. The molecule has 1 unspecified atom stereocenters. The van der Waals surface area contributed by atoms with E-state index in [-0.39, 0.29) is 17.3 Å². The van der Waals surface area contributed by atoms with E-state index in [1.807, 2.05) is 24.3 Å². The molecule has 2 heterocycles. The number of carbonyl (C=O) groups is 1. The van der Waals surface area contributed by atoms with Crippen molar-refractivity contribution in [1.29, 1.82) is 0 Å². The third-order valence-corrected chi connectivity index (χ3v) is 4.73. The van der Waals surface area contributed by atoms with Gasteiger partial charge in [-0.3, -0.25) is 14.6 Å². The lowest BCUT2D eigenvalue weighted by molar-refractivity contribution is -0.116. The SMILES string of the molecule is COc1ccc(C2C3=C(CCCC3=O)Nc3nc(N)[nH]c(=O)c32)cc1. The molecule has 0 saturated carbocycles. The Kier molecular flexibility index (Phi) is 3.56. The molecule has 4 N–H and O–H groups in total. The Balaban J connectivity index is 1.95. The number of aromatic amines is 1. The topological polar surface area (TPSA) is 110 Å². The molecule has 0 saturated heterocycles. The highest BCUT2D eigenvalue weighted by Crippen LogP contribution is 2.43. The summed E-state index contributed by atoms with van der Waals surface area (Å²) in [6, 6.07) is 7.40. The van der Waals surface area contributed by atoms with Crippen LogP contribution in [0.2, 0.25) is 0 Å². The summed E-state index contributed by atoms with van der Waals surface area (Å²) in [6.07, 6.45) is 2.03. The van der Waals surface area contributed by atoms with E-state index in [1.54, 1.807) is 7.11 Å². The summed E-state index contributed by atoms with van der Waals surface area (Å²) in [6.45, 7) is 0. The van der Waals surface area contributed by atoms with Crippen LogP contribution in [0.25, 0.3) is 0 Å². The predicted octanol–water partition coefficient (Wildman–Crippen LogP) is 1.93. The molecule has 2 aromatic rings. The quantitative estimate of drug-likeness (QED) is 0.772. The second-order valence-electron chi connectivity index (χ2n) is 6.21. The van der Waals surface area contributed by atoms with Crippen molar-refractivity contribution in [2.45, 2.75) is 25.2 Å². The van der Waals surface area contributed by atoms with E-state index < -0.39 is 5.92 Å². The second-order valence-corrected chi connectivity index (χ2v) is 6.21. The Hall–Kier alpha value is -3.09. The molecule has 25 heavy (non-hydrogen) atoms. The number of anilines is 2. The number of nitrogens with one attached hydrogen (secondary N) is 2. The summed E-state index contributed by atoms with van der Waals surface area (Å²) >= 11 is 0. The minimum Gasteiger partial charge on any atom is -0.497 e. The Morgan fingerprint density at radius 1 is 1.20 bits per heavy atom. The fraction of sp³-hybridized carbons (Fsp3) is 0.278. The third-order valence-electron chi connectivity index (χ3n) is 4.73. The first-order chi connectivity index (χ1) is 12.1. The second kappa shape index (κ2) is 5.77. The monoisotopic (exact) mass is 338 g/mol. The van der Waals surface area contributed by atoms with Crippen molar-refractivity contribution in [3.05, 3.63) is 57.0 Å². The molecule has 0 amide bonds. The van der Waals surface area contributed by atoms with Crippen molar-refractivity contribution in [1.82, 2.24) is 9.97 Å². The number of carbonyl (C=O) groups excluding carboxylic acids is 1. The molecule has 7 nitrogen and oxygen atoms in total. The molecule has 1 aliphatic heterocycles. The van der Waals surface area contributed by atoms with E-state index in [4.69, 9.17) is 10.5 Å². The van der Waals surface area contributed by atoms with Crippen LogP contribution in [0.3, 0.4) is 0 Å². The van der Waals surface area contributed by atoms with E-state index in [2.05, 4.69) is 15.3 Å². The van der Waals surface area contributed by atoms with E-state index in [0.717, 1.165) is 24.1 Å². The van der Waals surface area contributed by atoms with Crippen molar-refractivity contribution in [2.24, 2.45) is 0 Å². The highest BCUT2D eigenvalue weighted by Gasteiger charge is 2.37. The number of hydrogen-bond donors (Lipinski definition) is 3. The minimum atomic E-state index is -0.457. The van der Waals surface area contributed by atoms with E-state index in [0.29, 0.717) is 29.1 Å². The molecule has 2 aliphatic rings. The van der Waals surface area contributed by atoms with Gasteiger partial charge in [-0.05, 0) is 30.5 Å². The van der Waals surface area contributed by atoms with E-state index >= 15 is 0 Å². The van der Waals surface area contributed by atoms with Crippen LogP contribution in [-0.4, -0.2) is 22.9 Å². The molecule has 0 bridgehead atoms. The summed E-state index contributed by atoms with van der Waals surface area (Å²) in [5.41, 5.74) is 8.12. The lowest BCUT2D eigenvalue weighted by atomic mass is 9.76. The van der Waals surface area contributed by atoms with Crippen LogP contribution in [0.1, 0.15) is 36.3 Å². The first-order valence-corrected chi connectivity index (χ1v) is 8.15. The van der Waals surface area contributed by atoms with Crippen molar-refractivity contribution in [2.75, 3.05) is 18.2 Å². The molecule has 7 heteroatoms. The number of benzene rings is 1. The van der Waals surface area contributed by atoms with Crippen molar-refractivity contribution in [3.8, 4) is 5.75 Å². The largest absolute Gasteiger partial charge is 0.497 e. The highest BCUT2D eigenvalue weighted by molar-refractivity contribution is 6.00. The molecule has 0 fully saturated rings. The van der Waals surface area contributed by atoms with Crippen LogP contribution in [-0.2, 0) is 4.79 Å². The van der Waals surface area contributed by atoms with Gasteiger partial charge in [-0.25, -0.2) is 0 Å². The summed E-state index contributed by atoms with van der Waals surface area (Å²) in [5.74, 6) is 0.802. The molecule has 1 aromatic carbocycles. The van der Waals surface area contributed by atoms with Gasteiger partial charge in [-0.2, -0.15) is 4.98 Å². The van der Waals surface area contributed by atoms with E-state index in [9.17, 15) is 9.59 Å². The molecular formula is C18H18N4O3. The van der Waals surface area contributed by atoms with Gasteiger partial charge in [0.15, 0.2) is 5.78 Å². The van der Waals surface area contributed by atoms with Gasteiger partial charge in [0.1, 0.15) is 11.6 Å². The maximum Gasteiger partial charge on any atom is 0.258 e. The molecule has 128 valence electrons. The molecule has 4 rings (SSSR count). The molecule has 1 atom stereocenters. The third kappa shape index (κ3) is 2.48. The van der Waals surface area contributed by atoms with Gasteiger partial charge in [0, 0.05) is 23.6 Å². The van der Waals surface area contributed by atoms with Crippen LogP contribution in [0.15, 0.2) is 40.3 Å². The number of aromatic nitrogens is 2. The fourth-order valence-corrected chi connectivity index (χ4v) is 3.61. The summed E-state index contributed by atoms with van der Waals surface area (Å²) in [7, 11) is 1.59. The van der Waals surface area contributed by atoms with Crippen LogP contribution >= 0.6 is 0 Å². The van der Waals surface area contributed by atoms with Gasteiger partial charge in [0.2, 0.25) is 5.95 Å². The number of hydrogen-bond acceptors (Lipinski definition) is 6. The lowest BCUT2D eigenvalue weighted by Gasteiger charge is -2.32. The number of ketones is 1. The van der Waals surface area contributed by atoms with Gasteiger partial charge in [-0.15, -0.1) is 0 Å². The van der Waals surface area contributed by atoms with Gasteiger partial charge >= 0.3 is 0 Å². The Bertz CT molecular complexity index is 944. The van der Waals surface area contributed by atoms with Crippen LogP contribution in [0.4, 0.5) is 11.8 Å². The number of ether oxygens (including phenoxy) is 1. The molecule has 0 radical (unpaired) electrons. The molecule has 1 aliphatic carbocycles. The fourth-order valence-electron chi connectivity index (χ4n) is 3.61. The number of nitrogen functional groups attached to an aromatic ring is 1. The number of H-pyrrole nitrogens is 1. The Labute approximate surface area is 143 Å². The van der Waals surface area contributed by atoms with Crippen molar-refractivity contribution < 1.29 is 9.53 Å². The molecular weight excluding hydrogens is 320 g/mol. The zero-order valence-electron chi connectivity index (χ0n) is 13.8. The van der Waals surface area contributed by atoms with Crippen molar-refractivity contribution >= 4 is 17.5 Å². The van der Waals surface area contributed by atoms with Gasteiger partial charge in [0.25, 0.3) is 5.56 Å². The standard InChI is InChI=1S/C18H18N4O3/c1-25-10-7-5-9(6-8-10)13-14-11(3-2-4-12(14)23)20-16-15(13)17(24)22-18(19)21-16/h5-8,13H,2-4H2,1H3,(H4,19,20,21,22,24). The number of fused-ring (bicyclic) bond motifs is 1. The van der Waals surface area contributed by atoms with Gasteiger partial charge in [-0.1, -0.05) is 12.1 Å². The normalized spacial score (nSPS) is 19.1. The highest BCUT2D eigenvalue weighted by atomic mass is 16.5.